The standard InChI is InChI=1S/C16H22N4O/c1-3-6-19-16(15-5-7-17-12-20-15)13-9-14(11-18-10-13)21-8-4-2/h5,7,9-12,16,19H,3-4,6,8H2,1-2H3. The van der Waals surface area contributed by atoms with Gasteiger partial charge in [0.1, 0.15) is 12.1 Å². The summed E-state index contributed by atoms with van der Waals surface area (Å²) in [5.74, 6) is 0.798. The number of hydrogen-bond donors (Lipinski definition) is 1. The van der Waals surface area contributed by atoms with Gasteiger partial charge in [-0.15, -0.1) is 0 Å². The lowest BCUT2D eigenvalue weighted by atomic mass is 10.1. The van der Waals surface area contributed by atoms with Gasteiger partial charge >= 0.3 is 0 Å². The third-order valence-corrected chi connectivity index (χ3v) is 3.04. The molecular formula is C16H22N4O. The van der Waals surface area contributed by atoms with Crippen LogP contribution in [0.15, 0.2) is 37.1 Å². The summed E-state index contributed by atoms with van der Waals surface area (Å²) in [6.07, 6.45) is 8.97. The van der Waals surface area contributed by atoms with E-state index in [1.165, 1.54) is 0 Å². The topological polar surface area (TPSA) is 59.9 Å². The Bertz CT molecular complexity index is 533. The molecule has 0 spiro atoms. The molecule has 5 nitrogen and oxygen atoms in total. The molecule has 0 radical (unpaired) electrons. The molecule has 0 bridgehead atoms. The Morgan fingerprint density at radius 3 is 2.81 bits per heavy atom. The Hall–Kier alpha value is -2.01. The average Bonchev–Trinajstić information content (AvgIpc) is 2.55. The van der Waals surface area contributed by atoms with E-state index < -0.39 is 0 Å². The van der Waals surface area contributed by atoms with Gasteiger partial charge in [-0.3, -0.25) is 4.98 Å². The number of nitrogens with one attached hydrogen (secondary N) is 1. The van der Waals surface area contributed by atoms with E-state index >= 15 is 0 Å². The molecule has 2 rings (SSSR count). The van der Waals surface area contributed by atoms with Gasteiger partial charge in [-0.2, -0.15) is 0 Å². The van der Waals surface area contributed by atoms with E-state index in [0.29, 0.717) is 6.61 Å². The first-order valence-electron chi connectivity index (χ1n) is 7.42. The average molecular weight is 286 g/mol. The fourth-order valence-corrected chi connectivity index (χ4v) is 2.05. The molecule has 0 saturated heterocycles. The molecule has 21 heavy (non-hydrogen) atoms. The largest absolute Gasteiger partial charge is 0.492 e. The van der Waals surface area contributed by atoms with Crippen LogP contribution in [-0.4, -0.2) is 28.1 Å². The minimum Gasteiger partial charge on any atom is -0.492 e. The predicted molar refractivity (Wildman–Crippen MR) is 82.2 cm³/mol. The first-order chi connectivity index (χ1) is 10.3. The summed E-state index contributed by atoms with van der Waals surface area (Å²) in [5, 5.41) is 3.50. The third-order valence-electron chi connectivity index (χ3n) is 3.04. The number of ether oxygens (including phenoxy) is 1. The molecule has 0 aliphatic heterocycles. The molecule has 0 saturated carbocycles. The summed E-state index contributed by atoms with van der Waals surface area (Å²) in [6.45, 7) is 5.84. The number of pyridine rings is 1. The van der Waals surface area contributed by atoms with Crippen molar-refractivity contribution in [1.29, 1.82) is 0 Å². The summed E-state index contributed by atoms with van der Waals surface area (Å²) in [6, 6.07) is 3.95. The van der Waals surface area contributed by atoms with E-state index in [9.17, 15) is 0 Å². The van der Waals surface area contributed by atoms with E-state index in [1.54, 1.807) is 18.7 Å². The Labute approximate surface area is 125 Å². The summed E-state index contributed by atoms with van der Waals surface area (Å²) in [5.41, 5.74) is 1.99. The fraction of sp³-hybridized carbons (Fsp3) is 0.438. The van der Waals surface area contributed by atoms with Gasteiger partial charge in [-0.1, -0.05) is 13.8 Å². The lowest BCUT2D eigenvalue weighted by molar-refractivity contribution is 0.315. The maximum absolute atomic E-state index is 5.66. The zero-order valence-corrected chi connectivity index (χ0v) is 12.6. The molecule has 1 atom stereocenters. The van der Waals surface area contributed by atoms with Gasteiger partial charge in [-0.05, 0) is 37.1 Å². The first kappa shape index (κ1) is 15.4. The van der Waals surface area contributed by atoms with Crippen molar-refractivity contribution in [2.45, 2.75) is 32.7 Å². The minimum absolute atomic E-state index is 0.00521. The van der Waals surface area contributed by atoms with Crippen molar-refractivity contribution < 1.29 is 4.74 Å². The molecule has 0 aromatic carbocycles. The third kappa shape index (κ3) is 4.49. The zero-order valence-electron chi connectivity index (χ0n) is 12.6. The van der Waals surface area contributed by atoms with Crippen LogP contribution in [0.25, 0.3) is 0 Å². The van der Waals surface area contributed by atoms with Crippen LogP contribution < -0.4 is 10.1 Å². The molecule has 112 valence electrons. The Balaban J connectivity index is 2.23. The van der Waals surface area contributed by atoms with Crippen LogP contribution in [0.2, 0.25) is 0 Å². The predicted octanol–water partition coefficient (Wildman–Crippen LogP) is 2.75. The Morgan fingerprint density at radius 2 is 2.10 bits per heavy atom. The van der Waals surface area contributed by atoms with Crippen LogP contribution >= 0.6 is 0 Å². The van der Waals surface area contributed by atoms with Crippen LogP contribution in [0.4, 0.5) is 0 Å². The number of aromatic nitrogens is 3. The van der Waals surface area contributed by atoms with Crippen LogP contribution in [0.1, 0.15) is 44.0 Å². The van der Waals surface area contributed by atoms with Crippen molar-refractivity contribution >= 4 is 0 Å². The number of rotatable bonds is 8. The van der Waals surface area contributed by atoms with Crippen LogP contribution in [0.5, 0.6) is 5.75 Å². The molecule has 2 aromatic rings. The lowest BCUT2D eigenvalue weighted by Crippen LogP contribution is -2.24. The quantitative estimate of drug-likeness (QED) is 0.808. The summed E-state index contributed by atoms with van der Waals surface area (Å²) < 4.78 is 5.66. The van der Waals surface area contributed by atoms with Crippen molar-refractivity contribution in [2.24, 2.45) is 0 Å². The molecule has 0 aliphatic carbocycles. The van der Waals surface area contributed by atoms with Gasteiger partial charge in [0.15, 0.2) is 0 Å². The molecular weight excluding hydrogens is 264 g/mol. The minimum atomic E-state index is 0.00521. The van der Waals surface area contributed by atoms with Crippen molar-refractivity contribution in [1.82, 2.24) is 20.3 Å². The zero-order chi connectivity index (χ0) is 14.9. The van der Waals surface area contributed by atoms with Crippen LogP contribution in [0, 0.1) is 0 Å². The van der Waals surface area contributed by atoms with Gasteiger partial charge < -0.3 is 10.1 Å². The van der Waals surface area contributed by atoms with Crippen LogP contribution in [-0.2, 0) is 0 Å². The van der Waals surface area contributed by atoms with Gasteiger partial charge in [0.2, 0.25) is 0 Å². The second kappa shape index (κ2) is 8.32. The lowest BCUT2D eigenvalue weighted by Gasteiger charge is -2.18. The van der Waals surface area contributed by atoms with Gasteiger partial charge in [0.05, 0.1) is 24.5 Å². The molecule has 0 aliphatic rings. The molecule has 0 amide bonds. The highest BCUT2D eigenvalue weighted by Gasteiger charge is 2.15. The fourth-order valence-electron chi connectivity index (χ4n) is 2.05. The monoisotopic (exact) mass is 286 g/mol. The molecule has 1 N–H and O–H groups in total. The van der Waals surface area contributed by atoms with E-state index in [2.05, 4.69) is 34.1 Å². The van der Waals surface area contributed by atoms with Crippen molar-refractivity contribution in [2.75, 3.05) is 13.2 Å². The highest BCUT2D eigenvalue weighted by molar-refractivity contribution is 5.30. The van der Waals surface area contributed by atoms with Gasteiger partial charge in [0.25, 0.3) is 0 Å². The van der Waals surface area contributed by atoms with E-state index in [0.717, 1.165) is 36.4 Å². The second-order valence-electron chi connectivity index (χ2n) is 4.82. The SMILES string of the molecule is CCCNC(c1cncc(OCCC)c1)c1ccncn1. The van der Waals surface area contributed by atoms with E-state index in [-0.39, 0.29) is 6.04 Å². The van der Waals surface area contributed by atoms with E-state index in [4.69, 9.17) is 4.74 Å². The molecule has 1 unspecified atom stereocenters. The molecule has 2 heterocycles. The molecule has 2 aromatic heterocycles. The maximum atomic E-state index is 5.66. The van der Waals surface area contributed by atoms with Crippen molar-refractivity contribution in [3.05, 3.63) is 48.3 Å². The number of nitrogens with zero attached hydrogens (tertiary/aromatic N) is 3. The smallest absolute Gasteiger partial charge is 0.137 e. The first-order valence-corrected chi connectivity index (χ1v) is 7.42. The van der Waals surface area contributed by atoms with Crippen molar-refractivity contribution in [3.63, 3.8) is 0 Å². The second-order valence-corrected chi connectivity index (χ2v) is 4.82. The van der Waals surface area contributed by atoms with E-state index in [1.807, 2.05) is 18.3 Å². The van der Waals surface area contributed by atoms with Crippen LogP contribution in [0.3, 0.4) is 0 Å². The summed E-state index contributed by atoms with van der Waals surface area (Å²) >= 11 is 0. The van der Waals surface area contributed by atoms with Gasteiger partial charge in [0, 0.05) is 12.4 Å². The Morgan fingerprint density at radius 1 is 1.19 bits per heavy atom. The Kier molecular flexibility index (Phi) is 6.09. The van der Waals surface area contributed by atoms with Crippen molar-refractivity contribution in [3.8, 4) is 5.75 Å². The normalized spacial score (nSPS) is 12.1. The molecule has 0 fully saturated rings. The molecule has 5 heteroatoms. The summed E-state index contributed by atoms with van der Waals surface area (Å²) in [7, 11) is 0. The summed E-state index contributed by atoms with van der Waals surface area (Å²) in [4.78, 5) is 12.6. The maximum Gasteiger partial charge on any atom is 0.137 e. The number of hydrogen-bond acceptors (Lipinski definition) is 5. The highest BCUT2D eigenvalue weighted by Crippen LogP contribution is 2.22. The van der Waals surface area contributed by atoms with Gasteiger partial charge in [-0.25, -0.2) is 9.97 Å². The highest BCUT2D eigenvalue weighted by atomic mass is 16.5.